The van der Waals surface area contributed by atoms with Crippen molar-refractivity contribution in [2.45, 2.75) is 19.8 Å². The summed E-state index contributed by atoms with van der Waals surface area (Å²) in [4.78, 5) is 13.0. The molecule has 0 radical (unpaired) electrons. The van der Waals surface area contributed by atoms with Crippen molar-refractivity contribution in [2.75, 3.05) is 10.6 Å². The number of nitrogens with one attached hydrogen (secondary N) is 3. The highest BCUT2D eigenvalue weighted by atomic mass is 16.1. The lowest BCUT2D eigenvalue weighted by atomic mass is 9.97. The number of amides is 1. The predicted molar refractivity (Wildman–Crippen MR) is 150 cm³/mol. The summed E-state index contributed by atoms with van der Waals surface area (Å²) >= 11 is 0. The second kappa shape index (κ2) is 10.3. The van der Waals surface area contributed by atoms with Gasteiger partial charge in [0, 0.05) is 28.0 Å². The van der Waals surface area contributed by atoms with E-state index in [-0.39, 0.29) is 11.8 Å². The number of H-pyrrole nitrogens is 1. The average Bonchev–Trinajstić information content (AvgIpc) is 3.30. The normalized spacial score (nSPS) is 11.3. The van der Waals surface area contributed by atoms with Gasteiger partial charge >= 0.3 is 0 Å². The van der Waals surface area contributed by atoms with Crippen molar-refractivity contribution in [1.29, 1.82) is 0 Å². The van der Waals surface area contributed by atoms with E-state index in [1.807, 2.05) is 84.9 Å². The number of anilines is 3. The minimum atomic E-state index is -0.105. The molecule has 0 bridgehead atoms. The molecule has 36 heavy (non-hydrogen) atoms. The zero-order valence-corrected chi connectivity index (χ0v) is 20.3. The Balaban J connectivity index is 1.31. The van der Waals surface area contributed by atoms with Crippen LogP contribution in [-0.2, 0) is 0 Å². The van der Waals surface area contributed by atoms with Crippen molar-refractivity contribution in [3.63, 3.8) is 0 Å². The van der Waals surface area contributed by atoms with Gasteiger partial charge in [0.15, 0.2) is 0 Å². The minimum absolute atomic E-state index is 0.105. The summed E-state index contributed by atoms with van der Waals surface area (Å²) in [5.41, 5.74) is 7.26. The van der Waals surface area contributed by atoms with Crippen LogP contribution in [0.4, 0.5) is 17.1 Å². The summed E-state index contributed by atoms with van der Waals surface area (Å²) in [6.45, 7) is 4.19. The molecule has 5 rings (SSSR count). The van der Waals surface area contributed by atoms with Gasteiger partial charge in [-0.2, -0.15) is 5.10 Å². The van der Waals surface area contributed by atoms with Crippen LogP contribution < -0.4 is 10.6 Å². The van der Waals surface area contributed by atoms with Gasteiger partial charge in [-0.3, -0.25) is 9.89 Å². The third-order valence-corrected chi connectivity index (χ3v) is 6.06. The van der Waals surface area contributed by atoms with E-state index >= 15 is 0 Å². The number of carbonyl (C=O) groups excluding carboxylic acids is 1. The van der Waals surface area contributed by atoms with Crippen molar-refractivity contribution in [1.82, 2.24) is 10.2 Å². The average molecular weight is 473 g/mol. The molecular weight excluding hydrogens is 444 g/mol. The molecule has 0 aliphatic rings. The van der Waals surface area contributed by atoms with Crippen LogP contribution >= 0.6 is 0 Å². The number of fused-ring (bicyclic) bond motifs is 1. The Kier molecular flexibility index (Phi) is 6.63. The molecule has 4 aromatic carbocycles. The van der Waals surface area contributed by atoms with Gasteiger partial charge in [0.1, 0.15) is 0 Å². The number of rotatable bonds is 7. The van der Waals surface area contributed by atoms with Crippen LogP contribution in [0.3, 0.4) is 0 Å². The van der Waals surface area contributed by atoms with Crippen LogP contribution in [0.2, 0.25) is 0 Å². The Labute approximate surface area is 210 Å². The van der Waals surface area contributed by atoms with Crippen LogP contribution in [0.5, 0.6) is 0 Å². The summed E-state index contributed by atoms with van der Waals surface area (Å²) in [5, 5.41) is 15.1. The van der Waals surface area contributed by atoms with Crippen molar-refractivity contribution >= 4 is 46.0 Å². The summed E-state index contributed by atoms with van der Waals surface area (Å²) in [7, 11) is 0. The van der Waals surface area contributed by atoms with Crippen molar-refractivity contribution in [3.05, 3.63) is 119 Å². The molecule has 178 valence electrons. The largest absolute Gasteiger partial charge is 0.355 e. The highest BCUT2D eigenvalue weighted by molar-refractivity contribution is 6.05. The molecule has 0 unspecified atom stereocenters. The molecule has 0 spiro atoms. The molecule has 0 atom stereocenters. The zero-order chi connectivity index (χ0) is 24.9. The van der Waals surface area contributed by atoms with Gasteiger partial charge in [-0.1, -0.05) is 74.5 Å². The molecule has 0 saturated heterocycles. The lowest BCUT2D eigenvalue weighted by Gasteiger charge is -2.13. The van der Waals surface area contributed by atoms with Gasteiger partial charge in [-0.25, -0.2) is 0 Å². The van der Waals surface area contributed by atoms with E-state index < -0.39 is 0 Å². The number of carbonyl (C=O) groups is 1. The van der Waals surface area contributed by atoms with Gasteiger partial charge in [0.25, 0.3) is 5.91 Å². The third-order valence-electron chi connectivity index (χ3n) is 6.06. The molecule has 1 amide bonds. The Morgan fingerprint density at radius 1 is 0.806 bits per heavy atom. The van der Waals surface area contributed by atoms with Gasteiger partial charge < -0.3 is 10.6 Å². The van der Waals surface area contributed by atoms with Crippen LogP contribution in [0.1, 0.15) is 46.9 Å². The fraction of sp³-hybridized carbons (Fsp3) is 0.0968. The van der Waals surface area contributed by atoms with Gasteiger partial charge in [-0.05, 0) is 65.6 Å². The fourth-order valence-corrected chi connectivity index (χ4v) is 4.23. The second-order valence-electron chi connectivity index (χ2n) is 9.02. The smallest absolute Gasteiger partial charge is 0.255 e. The number of benzene rings is 4. The van der Waals surface area contributed by atoms with E-state index in [0.717, 1.165) is 44.8 Å². The first kappa shape index (κ1) is 23.1. The van der Waals surface area contributed by atoms with Gasteiger partial charge in [0.05, 0.1) is 11.2 Å². The Morgan fingerprint density at radius 3 is 2.39 bits per heavy atom. The SMILES string of the molecule is CC(C)c1ccccc1C(=O)Nc1cccc(Nc2ccc3c(/C=C/c4ccccc4)n[nH]c3c2)c1. The minimum Gasteiger partial charge on any atom is -0.355 e. The van der Waals surface area contributed by atoms with Crippen LogP contribution in [0, 0.1) is 0 Å². The maximum atomic E-state index is 13.0. The molecular formula is C31H28N4O. The highest BCUT2D eigenvalue weighted by Gasteiger charge is 2.13. The molecule has 0 fully saturated rings. The standard InChI is InChI=1S/C31H28N4O/c1-21(2)26-13-6-7-14-27(26)31(36)33-24-12-8-11-23(19-24)32-25-16-17-28-29(34-35-30(28)20-25)18-15-22-9-4-3-5-10-22/h3-21,32H,1-2H3,(H,33,36)(H,34,35)/b18-15+. The van der Waals surface area contributed by atoms with Gasteiger partial charge in [0.2, 0.25) is 0 Å². The summed E-state index contributed by atoms with van der Waals surface area (Å²) < 4.78 is 0. The van der Waals surface area contributed by atoms with E-state index in [2.05, 4.69) is 59.0 Å². The highest BCUT2D eigenvalue weighted by Crippen LogP contribution is 2.26. The molecule has 5 aromatic rings. The predicted octanol–water partition coefficient (Wildman–Crippen LogP) is 7.85. The van der Waals surface area contributed by atoms with E-state index in [4.69, 9.17) is 0 Å². The lowest BCUT2D eigenvalue weighted by molar-refractivity contribution is 0.102. The van der Waals surface area contributed by atoms with Crippen molar-refractivity contribution < 1.29 is 4.79 Å². The maximum absolute atomic E-state index is 13.0. The zero-order valence-electron chi connectivity index (χ0n) is 20.3. The molecule has 1 heterocycles. The van der Waals surface area contributed by atoms with E-state index in [9.17, 15) is 4.79 Å². The monoisotopic (exact) mass is 472 g/mol. The Morgan fingerprint density at radius 2 is 1.56 bits per heavy atom. The molecule has 1 aromatic heterocycles. The summed E-state index contributed by atoms with van der Waals surface area (Å²) in [5.74, 6) is 0.165. The van der Waals surface area contributed by atoms with Crippen molar-refractivity contribution in [2.24, 2.45) is 0 Å². The first-order valence-electron chi connectivity index (χ1n) is 12.1. The molecule has 0 saturated carbocycles. The molecule has 5 heteroatoms. The molecule has 0 aliphatic carbocycles. The Bertz CT molecular complexity index is 1530. The quantitative estimate of drug-likeness (QED) is 0.226. The van der Waals surface area contributed by atoms with Gasteiger partial charge in [-0.15, -0.1) is 0 Å². The summed E-state index contributed by atoms with van der Waals surface area (Å²) in [6.07, 6.45) is 4.08. The van der Waals surface area contributed by atoms with Crippen molar-refractivity contribution in [3.8, 4) is 0 Å². The topological polar surface area (TPSA) is 69.8 Å². The number of hydrogen-bond donors (Lipinski definition) is 3. The van der Waals surface area contributed by atoms with E-state index in [0.29, 0.717) is 5.56 Å². The summed E-state index contributed by atoms with van der Waals surface area (Å²) in [6, 6.07) is 31.8. The fourth-order valence-electron chi connectivity index (χ4n) is 4.23. The van der Waals surface area contributed by atoms with E-state index in [1.165, 1.54) is 0 Å². The number of nitrogens with zero attached hydrogens (tertiary/aromatic N) is 1. The Hall–Kier alpha value is -4.64. The lowest BCUT2D eigenvalue weighted by Crippen LogP contribution is -2.14. The van der Waals surface area contributed by atoms with E-state index in [1.54, 1.807) is 0 Å². The van der Waals surface area contributed by atoms with Crippen LogP contribution in [0.15, 0.2) is 97.1 Å². The first-order valence-corrected chi connectivity index (χ1v) is 12.1. The third kappa shape index (κ3) is 5.20. The molecule has 3 N–H and O–H groups in total. The number of aromatic amines is 1. The molecule has 0 aliphatic heterocycles. The van der Waals surface area contributed by atoms with Crippen LogP contribution in [-0.4, -0.2) is 16.1 Å². The second-order valence-corrected chi connectivity index (χ2v) is 9.02. The number of aromatic nitrogens is 2. The number of hydrogen-bond acceptors (Lipinski definition) is 3. The first-order chi connectivity index (χ1) is 17.6. The molecule has 5 nitrogen and oxygen atoms in total. The van der Waals surface area contributed by atoms with Crippen LogP contribution in [0.25, 0.3) is 23.1 Å². The maximum Gasteiger partial charge on any atom is 0.255 e.